The van der Waals surface area contributed by atoms with Gasteiger partial charge in [0.15, 0.2) is 0 Å². The fourth-order valence-corrected chi connectivity index (χ4v) is 1.70. The van der Waals surface area contributed by atoms with Crippen LogP contribution in [0.25, 0.3) is 0 Å². The van der Waals surface area contributed by atoms with Gasteiger partial charge < -0.3 is 15.2 Å². The minimum absolute atomic E-state index is 0. The molecule has 0 aliphatic carbocycles. The summed E-state index contributed by atoms with van der Waals surface area (Å²) in [5.74, 6) is 1.78. The molecule has 0 bridgehead atoms. The zero-order valence-corrected chi connectivity index (χ0v) is 11.8. The molecule has 0 heterocycles. The van der Waals surface area contributed by atoms with Gasteiger partial charge in [-0.3, -0.25) is 0 Å². The van der Waals surface area contributed by atoms with Crippen LogP contribution >= 0.6 is 12.4 Å². The number of halogens is 1. The van der Waals surface area contributed by atoms with Crippen molar-refractivity contribution in [2.75, 3.05) is 14.2 Å². The van der Waals surface area contributed by atoms with E-state index in [1.54, 1.807) is 14.2 Å². The number of methoxy groups -OCH3 is 2. The van der Waals surface area contributed by atoms with Gasteiger partial charge >= 0.3 is 0 Å². The van der Waals surface area contributed by atoms with Crippen LogP contribution in [0.3, 0.4) is 0 Å². The van der Waals surface area contributed by atoms with E-state index >= 15 is 0 Å². The van der Waals surface area contributed by atoms with E-state index in [0.29, 0.717) is 0 Å². The van der Waals surface area contributed by atoms with Crippen molar-refractivity contribution in [1.29, 1.82) is 0 Å². The topological polar surface area (TPSA) is 44.5 Å². The average molecular weight is 260 g/mol. The number of hydrogen-bond acceptors (Lipinski definition) is 3. The summed E-state index contributed by atoms with van der Waals surface area (Å²) in [6.07, 6.45) is 1.77. The van der Waals surface area contributed by atoms with Crippen molar-refractivity contribution in [2.24, 2.45) is 5.73 Å². The summed E-state index contributed by atoms with van der Waals surface area (Å²) in [4.78, 5) is 0. The summed E-state index contributed by atoms with van der Waals surface area (Å²) in [5.41, 5.74) is 8.15. The molecule has 1 atom stereocenters. The fraction of sp³-hybridized carbons (Fsp3) is 0.538. The van der Waals surface area contributed by atoms with E-state index in [2.05, 4.69) is 6.92 Å². The van der Waals surface area contributed by atoms with Gasteiger partial charge in [-0.2, -0.15) is 0 Å². The van der Waals surface area contributed by atoms with Crippen molar-refractivity contribution in [3.8, 4) is 11.5 Å². The van der Waals surface area contributed by atoms with Crippen LogP contribution in [0.4, 0.5) is 0 Å². The molecule has 0 saturated carbocycles. The Labute approximate surface area is 110 Å². The van der Waals surface area contributed by atoms with Crippen molar-refractivity contribution < 1.29 is 9.47 Å². The second-order valence-electron chi connectivity index (χ2n) is 4.01. The Balaban J connectivity index is 0.00000256. The van der Waals surface area contributed by atoms with Crippen LogP contribution in [0.1, 0.15) is 24.5 Å². The Morgan fingerprint density at radius 1 is 1.18 bits per heavy atom. The minimum atomic E-state index is 0. The standard InChI is InChI=1S/C13H21NO2.ClH/c1-5-11(14)7-10-8-12(15-3)9(2)6-13(10)16-4;/h6,8,11H,5,7,14H2,1-4H3;1H/t11-;/m1./s1. The number of nitrogens with two attached hydrogens (primary N) is 1. The quantitative estimate of drug-likeness (QED) is 0.884. The van der Waals surface area contributed by atoms with Crippen molar-refractivity contribution in [3.63, 3.8) is 0 Å². The fourth-order valence-electron chi connectivity index (χ4n) is 1.70. The van der Waals surface area contributed by atoms with E-state index < -0.39 is 0 Å². The lowest BCUT2D eigenvalue weighted by atomic mass is 10.0. The molecule has 2 N–H and O–H groups in total. The maximum absolute atomic E-state index is 5.96. The smallest absolute Gasteiger partial charge is 0.122 e. The highest BCUT2D eigenvalue weighted by Gasteiger charge is 2.11. The van der Waals surface area contributed by atoms with Gasteiger partial charge in [0, 0.05) is 6.04 Å². The van der Waals surface area contributed by atoms with Crippen LogP contribution < -0.4 is 15.2 Å². The normalized spacial score (nSPS) is 11.6. The molecule has 98 valence electrons. The molecule has 1 rings (SSSR count). The highest BCUT2D eigenvalue weighted by atomic mass is 35.5. The molecule has 0 spiro atoms. The van der Waals surface area contributed by atoms with Crippen LogP contribution in [0, 0.1) is 6.92 Å². The lowest BCUT2D eigenvalue weighted by molar-refractivity contribution is 0.394. The summed E-state index contributed by atoms with van der Waals surface area (Å²) in [6, 6.07) is 4.18. The first kappa shape index (κ1) is 16.1. The molecule has 0 aliphatic heterocycles. The van der Waals surface area contributed by atoms with Crippen molar-refractivity contribution in [1.82, 2.24) is 0 Å². The third-order valence-corrected chi connectivity index (χ3v) is 2.80. The van der Waals surface area contributed by atoms with Gasteiger partial charge in [-0.25, -0.2) is 0 Å². The van der Waals surface area contributed by atoms with Gasteiger partial charge in [0.25, 0.3) is 0 Å². The predicted octanol–water partition coefficient (Wildman–Crippen LogP) is 2.71. The maximum atomic E-state index is 5.96. The van der Waals surface area contributed by atoms with Crippen LogP contribution in [-0.4, -0.2) is 20.3 Å². The molecule has 4 heteroatoms. The lowest BCUT2D eigenvalue weighted by Crippen LogP contribution is -2.21. The Hall–Kier alpha value is -0.930. The molecular weight excluding hydrogens is 238 g/mol. The second kappa shape index (κ2) is 7.41. The lowest BCUT2D eigenvalue weighted by Gasteiger charge is -2.15. The second-order valence-corrected chi connectivity index (χ2v) is 4.01. The number of benzene rings is 1. The first-order valence-corrected chi connectivity index (χ1v) is 5.59. The number of ether oxygens (including phenoxy) is 2. The number of aryl methyl sites for hydroxylation is 1. The van der Waals surface area contributed by atoms with Crippen LogP contribution in [-0.2, 0) is 6.42 Å². The summed E-state index contributed by atoms with van der Waals surface area (Å²) in [7, 11) is 3.36. The predicted molar refractivity (Wildman–Crippen MR) is 73.5 cm³/mol. The van der Waals surface area contributed by atoms with Crippen LogP contribution in [0.15, 0.2) is 12.1 Å². The largest absolute Gasteiger partial charge is 0.496 e. The van der Waals surface area contributed by atoms with Gasteiger partial charge in [0.1, 0.15) is 11.5 Å². The molecule has 0 aromatic heterocycles. The van der Waals surface area contributed by atoms with Crippen molar-refractivity contribution in [2.45, 2.75) is 32.7 Å². The molecule has 0 radical (unpaired) electrons. The SMILES string of the molecule is CC[C@@H](N)Cc1cc(OC)c(C)cc1OC.Cl. The van der Waals surface area contributed by atoms with E-state index in [4.69, 9.17) is 15.2 Å². The van der Waals surface area contributed by atoms with E-state index in [0.717, 1.165) is 35.5 Å². The Bertz CT molecular complexity index is 356. The van der Waals surface area contributed by atoms with E-state index in [-0.39, 0.29) is 18.4 Å². The summed E-state index contributed by atoms with van der Waals surface area (Å²) < 4.78 is 10.7. The highest BCUT2D eigenvalue weighted by molar-refractivity contribution is 5.85. The Kier molecular flexibility index (Phi) is 7.00. The Morgan fingerprint density at radius 3 is 2.24 bits per heavy atom. The van der Waals surface area contributed by atoms with Crippen molar-refractivity contribution >= 4 is 12.4 Å². The van der Waals surface area contributed by atoms with E-state index in [1.807, 2.05) is 19.1 Å². The average Bonchev–Trinajstić information content (AvgIpc) is 2.30. The van der Waals surface area contributed by atoms with Crippen molar-refractivity contribution in [3.05, 3.63) is 23.3 Å². The molecule has 1 aromatic carbocycles. The van der Waals surface area contributed by atoms with Crippen LogP contribution in [0.5, 0.6) is 11.5 Å². The van der Waals surface area contributed by atoms with Gasteiger partial charge in [0.05, 0.1) is 14.2 Å². The zero-order valence-electron chi connectivity index (χ0n) is 10.9. The molecule has 0 unspecified atom stereocenters. The Morgan fingerprint density at radius 2 is 1.76 bits per heavy atom. The molecule has 1 aromatic rings. The molecular formula is C13H22ClNO2. The first-order valence-electron chi connectivity index (χ1n) is 5.59. The molecule has 0 amide bonds. The monoisotopic (exact) mass is 259 g/mol. The minimum Gasteiger partial charge on any atom is -0.496 e. The number of hydrogen-bond donors (Lipinski definition) is 1. The highest BCUT2D eigenvalue weighted by Crippen LogP contribution is 2.29. The molecule has 0 aliphatic rings. The van der Waals surface area contributed by atoms with E-state index in [1.165, 1.54) is 0 Å². The summed E-state index contributed by atoms with van der Waals surface area (Å²) >= 11 is 0. The summed E-state index contributed by atoms with van der Waals surface area (Å²) in [5, 5.41) is 0. The van der Waals surface area contributed by atoms with Gasteiger partial charge in [-0.15, -0.1) is 12.4 Å². The third kappa shape index (κ3) is 4.10. The van der Waals surface area contributed by atoms with Crippen LogP contribution in [0.2, 0.25) is 0 Å². The first-order chi connectivity index (χ1) is 7.62. The van der Waals surface area contributed by atoms with Gasteiger partial charge in [-0.1, -0.05) is 6.92 Å². The molecule has 0 fully saturated rings. The molecule has 17 heavy (non-hydrogen) atoms. The zero-order chi connectivity index (χ0) is 12.1. The van der Waals surface area contributed by atoms with E-state index in [9.17, 15) is 0 Å². The molecule has 3 nitrogen and oxygen atoms in total. The van der Waals surface area contributed by atoms with Gasteiger partial charge in [-0.05, 0) is 43.0 Å². The number of rotatable bonds is 5. The maximum Gasteiger partial charge on any atom is 0.122 e. The molecule has 0 saturated heterocycles. The third-order valence-electron chi connectivity index (χ3n) is 2.80. The summed E-state index contributed by atoms with van der Waals surface area (Å²) in [6.45, 7) is 4.09. The van der Waals surface area contributed by atoms with Gasteiger partial charge in [0.2, 0.25) is 0 Å².